The Balaban J connectivity index is 0.000000704. The number of allylic oxidation sites excluding steroid dienone is 1. The van der Waals surface area contributed by atoms with E-state index in [9.17, 15) is 0 Å². The fourth-order valence-corrected chi connectivity index (χ4v) is 2.66. The van der Waals surface area contributed by atoms with E-state index in [-0.39, 0.29) is 0 Å². The van der Waals surface area contributed by atoms with Crippen LogP contribution in [-0.4, -0.2) is 6.61 Å². The van der Waals surface area contributed by atoms with Gasteiger partial charge in [0.05, 0.1) is 12.4 Å². The van der Waals surface area contributed by atoms with Crippen molar-refractivity contribution >= 4 is 0 Å². The first-order chi connectivity index (χ1) is 9.77. The molecule has 0 saturated carbocycles. The molecule has 0 bridgehead atoms. The number of fused-ring (bicyclic) bond motifs is 3. The summed E-state index contributed by atoms with van der Waals surface area (Å²) in [5.41, 5.74) is 5.40. The van der Waals surface area contributed by atoms with Gasteiger partial charge in [0, 0.05) is 5.92 Å². The molecule has 0 fully saturated rings. The Bertz CT molecular complexity index is 553. The molecule has 0 saturated heterocycles. The van der Waals surface area contributed by atoms with Crippen LogP contribution in [0.25, 0.3) is 11.1 Å². The molecule has 2 aromatic carbocycles. The van der Waals surface area contributed by atoms with Crippen LogP contribution >= 0.6 is 0 Å². The minimum atomic E-state index is 0.328. The van der Waals surface area contributed by atoms with Crippen molar-refractivity contribution in [1.29, 1.82) is 0 Å². The highest BCUT2D eigenvalue weighted by Crippen LogP contribution is 2.44. The van der Waals surface area contributed by atoms with Crippen LogP contribution in [0.4, 0.5) is 0 Å². The number of ether oxygens (including phenoxy) is 1. The zero-order valence-corrected chi connectivity index (χ0v) is 12.5. The lowest BCUT2D eigenvalue weighted by Gasteiger charge is -2.14. The lowest BCUT2D eigenvalue weighted by atomic mass is 9.98. The normalized spacial score (nSPS) is 11.9. The van der Waals surface area contributed by atoms with Crippen molar-refractivity contribution in [2.24, 2.45) is 0 Å². The van der Waals surface area contributed by atoms with Crippen molar-refractivity contribution in [3.05, 3.63) is 72.0 Å². The second-order valence-electron chi connectivity index (χ2n) is 4.74. The van der Waals surface area contributed by atoms with Gasteiger partial charge in [-0.15, -0.1) is 0 Å². The molecule has 104 valence electrons. The molecule has 3 rings (SSSR count). The van der Waals surface area contributed by atoms with Crippen molar-refractivity contribution in [3.8, 4) is 11.1 Å². The molecule has 0 aromatic heterocycles. The Morgan fingerprint density at radius 1 is 0.950 bits per heavy atom. The molecule has 1 heteroatoms. The first kappa shape index (κ1) is 14.4. The van der Waals surface area contributed by atoms with E-state index >= 15 is 0 Å². The van der Waals surface area contributed by atoms with Crippen molar-refractivity contribution in [2.75, 3.05) is 6.61 Å². The van der Waals surface area contributed by atoms with Crippen molar-refractivity contribution < 1.29 is 4.74 Å². The maximum Gasteiger partial charge on any atom is 0.0986 e. The summed E-state index contributed by atoms with van der Waals surface area (Å²) in [7, 11) is 0. The van der Waals surface area contributed by atoms with E-state index < -0.39 is 0 Å². The number of hydrogen-bond donors (Lipinski definition) is 0. The molecule has 0 N–H and O–H groups in total. The monoisotopic (exact) mass is 266 g/mol. The van der Waals surface area contributed by atoms with E-state index in [0.717, 1.165) is 5.76 Å². The molecular weight excluding hydrogens is 244 g/mol. The predicted molar refractivity (Wildman–Crippen MR) is 85.8 cm³/mol. The zero-order chi connectivity index (χ0) is 14.5. The van der Waals surface area contributed by atoms with Crippen LogP contribution in [0, 0.1) is 0 Å². The zero-order valence-electron chi connectivity index (χ0n) is 12.5. The van der Waals surface area contributed by atoms with Crippen LogP contribution in [0.15, 0.2) is 60.9 Å². The van der Waals surface area contributed by atoms with E-state index in [0.29, 0.717) is 12.5 Å². The standard InChI is InChI=1S/C17H16O.C2H6/c1-12(2)18-11-17-15-9-5-3-7-13(15)14-8-4-6-10-16(14)17;1-2/h3-10,17H,1,11H2,2H3;1-2H3. The fraction of sp³-hybridized carbons (Fsp3) is 0.263. The van der Waals surface area contributed by atoms with E-state index in [1.54, 1.807) is 0 Å². The molecule has 0 atom stereocenters. The third kappa shape index (κ3) is 2.62. The Morgan fingerprint density at radius 3 is 1.85 bits per heavy atom. The van der Waals surface area contributed by atoms with Crippen molar-refractivity contribution in [1.82, 2.24) is 0 Å². The van der Waals surface area contributed by atoms with Gasteiger partial charge in [0.15, 0.2) is 0 Å². The molecule has 20 heavy (non-hydrogen) atoms. The quantitative estimate of drug-likeness (QED) is 0.678. The highest BCUT2D eigenvalue weighted by Gasteiger charge is 2.28. The molecule has 1 nitrogen and oxygen atoms in total. The van der Waals surface area contributed by atoms with E-state index in [1.165, 1.54) is 22.3 Å². The SMILES string of the molecule is C=C(C)OCC1c2ccccc2-c2ccccc21.CC. The first-order valence-corrected chi connectivity index (χ1v) is 7.24. The molecule has 0 unspecified atom stereocenters. The molecule has 0 spiro atoms. The maximum absolute atomic E-state index is 5.65. The summed E-state index contributed by atoms with van der Waals surface area (Å²) in [5.74, 6) is 1.10. The summed E-state index contributed by atoms with van der Waals surface area (Å²) in [5, 5.41) is 0. The van der Waals surface area contributed by atoms with Gasteiger partial charge in [0.1, 0.15) is 0 Å². The molecule has 0 heterocycles. The summed E-state index contributed by atoms with van der Waals surface area (Å²) in [6, 6.07) is 17.2. The molecular formula is C19H22O. The average molecular weight is 266 g/mol. The summed E-state index contributed by atoms with van der Waals surface area (Å²) in [6.07, 6.45) is 0. The van der Waals surface area contributed by atoms with Gasteiger partial charge in [-0.2, -0.15) is 0 Å². The van der Waals surface area contributed by atoms with Gasteiger partial charge in [-0.05, 0) is 29.2 Å². The van der Waals surface area contributed by atoms with Gasteiger partial charge in [0.2, 0.25) is 0 Å². The highest BCUT2D eigenvalue weighted by molar-refractivity contribution is 5.78. The summed E-state index contributed by atoms with van der Waals surface area (Å²) in [4.78, 5) is 0. The van der Waals surface area contributed by atoms with Crippen LogP contribution in [0.5, 0.6) is 0 Å². The smallest absolute Gasteiger partial charge is 0.0986 e. The Hall–Kier alpha value is -2.02. The Labute approximate surface area is 121 Å². The second-order valence-corrected chi connectivity index (χ2v) is 4.74. The number of rotatable bonds is 3. The molecule has 1 aliphatic carbocycles. The average Bonchev–Trinajstić information content (AvgIpc) is 2.81. The third-order valence-electron chi connectivity index (χ3n) is 3.46. The van der Waals surface area contributed by atoms with Crippen LogP contribution in [0.3, 0.4) is 0 Å². The number of benzene rings is 2. The summed E-state index contributed by atoms with van der Waals surface area (Å²) in [6.45, 7) is 10.4. The van der Waals surface area contributed by atoms with Crippen molar-refractivity contribution in [3.63, 3.8) is 0 Å². The van der Waals surface area contributed by atoms with Gasteiger partial charge in [-0.3, -0.25) is 0 Å². The van der Waals surface area contributed by atoms with E-state index in [1.807, 2.05) is 20.8 Å². The van der Waals surface area contributed by atoms with Crippen LogP contribution in [0.2, 0.25) is 0 Å². The van der Waals surface area contributed by atoms with Gasteiger partial charge < -0.3 is 4.74 Å². The Kier molecular flexibility index (Phi) is 4.62. The van der Waals surface area contributed by atoms with Gasteiger partial charge in [-0.1, -0.05) is 69.0 Å². The van der Waals surface area contributed by atoms with Crippen molar-refractivity contribution in [2.45, 2.75) is 26.7 Å². The Morgan fingerprint density at radius 2 is 1.40 bits per heavy atom. The number of hydrogen-bond acceptors (Lipinski definition) is 1. The highest BCUT2D eigenvalue weighted by atomic mass is 16.5. The summed E-state index contributed by atoms with van der Waals surface area (Å²) >= 11 is 0. The fourth-order valence-electron chi connectivity index (χ4n) is 2.66. The maximum atomic E-state index is 5.65. The van der Waals surface area contributed by atoms with Crippen LogP contribution in [0.1, 0.15) is 37.8 Å². The third-order valence-corrected chi connectivity index (χ3v) is 3.46. The first-order valence-electron chi connectivity index (χ1n) is 7.24. The molecule has 0 aliphatic heterocycles. The second kappa shape index (κ2) is 6.42. The molecule has 0 amide bonds. The van der Waals surface area contributed by atoms with Gasteiger partial charge in [0.25, 0.3) is 0 Å². The predicted octanol–water partition coefficient (Wildman–Crippen LogP) is 5.38. The van der Waals surface area contributed by atoms with Crippen LogP contribution in [-0.2, 0) is 4.74 Å². The van der Waals surface area contributed by atoms with Gasteiger partial charge >= 0.3 is 0 Å². The van der Waals surface area contributed by atoms with E-state index in [2.05, 4.69) is 55.1 Å². The lowest BCUT2D eigenvalue weighted by molar-refractivity contribution is 0.207. The summed E-state index contributed by atoms with van der Waals surface area (Å²) < 4.78 is 5.65. The largest absolute Gasteiger partial charge is 0.498 e. The molecule has 2 aromatic rings. The molecule has 1 aliphatic rings. The lowest BCUT2D eigenvalue weighted by Crippen LogP contribution is -2.05. The molecule has 0 radical (unpaired) electrons. The minimum absolute atomic E-state index is 0.328. The van der Waals surface area contributed by atoms with Gasteiger partial charge in [-0.25, -0.2) is 0 Å². The van der Waals surface area contributed by atoms with Crippen LogP contribution < -0.4 is 0 Å². The van der Waals surface area contributed by atoms with E-state index in [4.69, 9.17) is 4.74 Å². The minimum Gasteiger partial charge on any atom is -0.498 e. The topological polar surface area (TPSA) is 9.23 Å².